The number of nitrogens with zero attached hydrogens (tertiary/aromatic N) is 1. The number of benzene rings is 3. The molecule has 6 nitrogen and oxygen atoms in total. The summed E-state index contributed by atoms with van der Waals surface area (Å²) in [4.78, 5) is 37.2. The van der Waals surface area contributed by atoms with Gasteiger partial charge >= 0.3 is 5.97 Å². The van der Waals surface area contributed by atoms with Crippen molar-refractivity contribution in [2.45, 2.75) is 29.2 Å². The number of hydrogen-bond donors (Lipinski definition) is 0. The molecule has 0 heterocycles. The van der Waals surface area contributed by atoms with Gasteiger partial charge in [0.2, 0.25) is 5.78 Å². The van der Waals surface area contributed by atoms with E-state index in [1.54, 1.807) is 67.6 Å². The Kier molecular flexibility index (Phi) is 6.98. The zero-order chi connectivity index (χ0) is 21.5. The van der Waals surface area contributed by atoms with Gasteiger partial charge in [0.15, 0.2) is 6.10 Å². The molecule has 7 heteroatoms. The summed E-state index contributed by atoms with van der Waals surface area (Å²) in [6.07, 6.45) is -0.519. The van der Waals surface area contributed by atoms with Crippen LogP contribution in [0.25, 0.3) is 0 Å². The van der Waals surface area contributed by atoms with E-state index in [1.807, 2.05) is 6.07 Å². The number of Topliss-reactive ketones (excluding diaryl/α,β-unsaturated/α-hetero) is 1. The minimum atomic E-state index is -0.877. The maximum atomic E-state index is 12.8. The molecule has 0 aliphatic carbocycles. The Hall–Kier alpha value is -3.45. The molecule has 1 atom stereocenters. The molecule has 30 heavy (non-hydrogen) atoms. The number of esters is 1. The minimum absolute atomic E-state index is 0.00254. The second-order valence-corrected chi connectivity index (χ2v) is 7.50. The SMILES string of the molecule is CC[C@@H](OC(=O)c1ccccc1Sc1ccc([N+](=O)[O-])cc1)C(=O)c1ccccc1. The second kappa shape index (κ2) is 9.84. The fraction of sp³-hybridized carbons (Fsp3) is 0.130. The minimum Gasteiger partial charge on any atom is -0.450 e. The summed E-state index contributed by atoms with van der Waals surface area (Å²) in [5, 5.41) is 10.8. The van der Waals surface area contributed by atoms with Crippen LogP contribution in [-0.2, 0) is 4.74 Å². The van der Waals surface area contributed by atoms with E-state index >= 15 is 0 Å². The summed E-state index contributed by atoms with van der Waals surface area (Å²) < 4.78 is 5.54. The van der Waals surface area contributed by atoms with Crippen molar-refractivity contribution in [1.82, 2.24) is 0 Å². The number of ketones is 1. The molecule has 0 spiro atoms. The average Bonchev–Trinajstić information content (AvgIpc) is 2.78. The Morgan fingerprint density at radius 1 is 0.967 bits per heavy atom. The Balaban J connectivity index is 1.77. The van der Waals surface area contributed by atoms with Gasteiger partial charge in [-0.2, -0.15) is 0 Å². The Morgan fingerprint density at radius 2 is 1.60 bits per heavy atom. The van der Waals surface area contributed by atoms with E-state index in [0.29, 0.717) is 22.4 Å². The van der Waals surface area contributed by atoms with Gasteiger partial charge in [-0.1, -0.05) is 61.2 Å². The Bertz CT molecular complexity index is 1050. The number of rotatable bonds is 8. The van der Waals surface area contributed by atoms with Gasteiger partial charge in [0.25, 0.3) is 5.69 Å². The molecule has 0 aliphatic rings. The van der Waals surface area contributed by atoms with E-state index in [-0.39, 0.29) is 11.5 Å². The number of nitro groups is 1. The van der Waals surface area contributed by atoms with Gasteiger partial charge in [-0.05, 0) is 30.7 Å². The number of ether oxygens (including phenoxy) is 1. The number of hydrogen-bond acceptors (Lipinski definition) is 6. The van der Waals surface area contributed by atoms with Crippen LogP contribution in [0.4, 0.5) is 5.69 Å². The van der Waals surface area contributed by atoms with Crippen LogP contribution in [0.2, 0.25) is 0 Å². The highest BCUT2D eigenvalue weighted by molar-refractivity contribution is 7.99. The fourth-order valence-electron chi connectivity index (χ4n) is 2.79. The highest BCUT2D eigenvalue weighted by atomic mass is 32.2. The van der Waals surface area contributed by atoms with Gasteiger partial charge in [0, 0.05) is 27.5 Å². The monoisotopic (exact) mass is 421 g/mol. The average molecular weight is 421 g/mol. The van der Waals surface area contributed by atoms with Crippen molar-refractivity contribution in [2.75, 3.05) is 0 Å². The molecule has 0 unspecified atom stereocenters. The zero-order valence-corrected chi connectivity index (χ0v) is 17.0. The van der Waals surface area contributed by atoms with Crippen molar-refractivity contribution >= 4 is 29.2 Å². The van der Waals surface area contributed by atoms with Crippen molar-refractivity contribution < 1.29 is 19.2 Å². The molecular weight excluding hydrogens is 402 g/mol. The molecule has 3 aromatic rings. The van der Waals surface area contributed by atoms with E-state index in [0.717, 1.165) is 4.90 Å². The van der Waals surface area contributed by atoms with E-state index in [4.69, 9.17) is 4.74 Å². The normalized spacial score (nSPS) is 11.5. The second-order valence-electron chi connectivity index (χ2n) is 6.38. The molecule has 152 valence electrons. The van der Waals surface area contributed by atoms with Crippen LogP contribution in [0.3, 0.4) is 0 Å². The van der Waals surface area contributed by atoms with E-state index in [2.05, 4.69) is 0 Å². The zero-order valence-electron chi connectivity index (χ0n) is 16.2. The number of carbonyl (C=O) groups excluding carboxylic acids is 2. The molecule has 0 saturated carbocycles. The molecule has 0 saturated heterocycles. The Morgan fingerprint density at radius 3 is 2.23 bits per heavy atom. The van der Waals surface area contributed by atoms with Crippen molar-refractivity contribution in [3.05, 3.63) is 100 Å². The third kappa shape index (κ3) is 5.12. The van der Waals surface area contributed by atoms with Crippen LogP contribution in [0.1, 0.15) is 34.1 Å². The lowest BCUT2D eigenvalue weighted by Crippen LogP contribution is -2.27. The summed E-state index contributed by atoms with van der Waals surface area (Å²) in [6, 6.07) is 21.7. The first-order valence-electron chi connectivity index (χ1n) is 9.31. The molecule has 3 aromatic carbocycles. The van der Waals surface area contributed by atoms with E-state index < -0.39 is 17.0 Å². The van der Waals surface area contributed by atoms with Gasteiger partial charge in [0.05, 0.1) is 10.5 Å². The predicted molar refractivity (Wildman–Crippen MR) is 114 cm³/mol. The molecule has 0 aliphatic heterocycles. The number of nitro benzene ring substituents is 1. The van der Waals surface area contributed by atoms with Crippen LogP contribution in [0, 0.1) is 10.1 Å². The molecular formula is C23H19NO5S. The van der Waals surface area contributed by atoms with Crippen molar-refractivity contribution in [3.8, 4) is 0 Å². The molecule has 0 N–H and O–H groups in total. The van der Waals surface area contributed by atoms with Crippen LogP contribution in [0.5, 0.6) is 0 Å². The molecule has 0 bridgehead atoms. The van der Waals surface area contributed by atoms with Gasteiger partial charge in [-0.3, -0.25) is 14.9 Å². The summed E-state index contributed by atoms with van der Waals surface area (Å²) in [7, 11) is 0. The highest BCUT2D eigenvalue weighted by Gasteiger charge is 2.24. The topological polar surface area (TPSA) is 86.5 Å². The molecule has 0 fully saturated rings. The smallest absolute Gasteiger partial charge is 0.340 e. The summed E-state index contributed by atoms with van der Waals surface area (Å²) in [5.74, 6) is -0.830. The molecule has 0 aromatic heterocycles. The van der Waals surface area contributed by atoms with Crippen LogP contribution < -0.4 is 0 Å². The molecule has 3 rings (SSSR count). The molecule has 0 amide bonds. The lowest BCUT2D eigenvalue weighted by atomic mass is 10.0. The quantitative estimate of drug-likeness (QED) is 0.205. The molecule has 0 radical (unpaired) electrons. The van der Waals surface area contributed by atoms with Crippen LogP contribution >= 0.6 is 11.8 Å². The highest BCUT2D eigenvalue weighted by Crippen LogP contribution is 2.32. The predicted octanol–water partition coefficient (Wildman–Crippen LogP) is 5.56. The number of carbonyl (C=O) groups is 2. The standard InChI is InChI=1S/C23H19NO5S/c1-2-20(22(25)16-8-4-3-5-9-16)29-23(26)19-10-6-7-11-21(19)30-18-14-12-17(13-15-18)24(27)28/h3-15,20H,2H2,1H3/t20-/m1/s1. The van der Waals surface area contributed by atoms with Crippen molar-refractivity contribution in [1.29, 1.82) is 0 Å². The first-order chi connectivity index (χ1) is 14.5. The Labute approximate surface area is 178 Å². The largest absolute Gasteiger partial charge is 0.450 e. The first-order valence-corrected chi connectivity index (χ1v) is 10.1. The summed E-state index contributed by atoms with van der Waals surface area (Å²) >= 11 is 1.29. The van der Waals surface area contributed by atoms with Crippen LogP contribution in [-0.4, -0.2) is 22.8 Å². The summed E-state index contributed by atoms with van der Waals surface area (Å²) in [6.45, 7) is 1.79. The lowest BCUT2D eigenvalue weighted by molar-refractivity contribution is -0.384. The van der Waals surface area contributed by atoms with Gasteiger partial charge in [0.1, 0.15) is 0 Å². The van der Waals surface area contributed by atoms with Crippen LogP contribution in [0.15, 0.2) is 88.7 Å². The van der Waals surface area contributed by atoms with Gasteiger partial charge < -0.3 is 4.74 Å². The number of non-ortho nitro benzene ring substituents is 1. The third-order valence-corrected chi connectivity index (χ3v) is 5.44. The van der Waals surface area contributed by atoms with E-state index in [1.165, 1.54) is 23.9 Å². The summed E-state index contributed by atoms with van der Waals surface area (Å²) in [5.41, 5.74) is 0.822. The first kappa shape index (κ1) is 21.3. The van der Waals surface area contributed by atoms with Crippen molar-refractivity contribution in [3.63, 3.8) is 0 Å². The third-order valence-electron chi connectivity index (χ3n) is 4.35. The fourth-order valence-corrected chi connectivity index (χ4v) is 3.72. The van der Waals surface area contributed by atoms with Crippen molar-refractivity contribution in [2.24, 2.45) is 0 Å². The van der Waals surface area contributed by atoms with Gasteiger partial charge in [-0.25, -0.2) is 4.79 Å². The lowest BCUT2D eigenvalue weighted by Gasteiger charge is -2.16. The van der Waals surface area contributed by atoms with E-state index in [9.17, 15) is 19.7 Å². The maximum absolute atomic E-state index is 12.8. The maximum Gasteiger partial charge on any atom is 0.340 e. The van der Waals surface area contributed by atoms with Gasteiger partial charge in [-0.15, -0.1) is 0 Å².